The predicted octanol–water partition coefficient (Wildman–Crippen LogP) is 1.06. The summed E-state index contributed by atoms with van der Waals surface area (Å²) >= 11 is 0.919. The molecule has 0 N–H and O–H groups in total. The van der Waals surface area contributed by atoms with Crippen molar-refractivity contribution in [2.45, 2.75) is 11.7 Å². The molecule has 1 aliphatic rings. The van der Waals surface area contributed by atoms with Crippen LogP contribution in [0.15, 0.2) is 58.1 Å². The molecule has 2 amide bonds. The lowest BCUT2D eigenvalue weighted by atomic mass is 10.2. The monoisotopic (exact) mass is 343 g/mol. The topological polar surface area (TPSA) is 103 Å². The fourth-order valence-electron chi connectivity index (χ4n) is 2.18. The SMILES string of the molecule is O=C([O-])C[C@@H]1SC(=NC(=O)c2ccco2)N(c2ccccc2)C1=O. The predicted molar refractivity (Wildman–Crippen MR) is 85.4 cm³/mol. The third kappa shape index (κ3) is 3.23. The van der Waals surface area contributed by atoms with Gasteiger partial charge in [-0.3, -0.25) is 14.5 Å². The van der Waals surface area contributed by atoms with E-state index in [0.29, 0.717) is 5.69 Å². The van der Waals surface area contributed by atoms with Gasteiger partial charge in [-0.25, -0.2) is 0 Å². The molecule has 0 radical (unpaired) electrons. The fourth-order valence-corrected chi connectivity index (χ4v) is 3.30. The first-order chi connectivity index (χ1) is 11.6. The minimum Gasteiger partial charge on any atom is -0.550 e. The van der Waals surface area contributed by atoms with Gasteiger partial charge in [0.15, 0.2) is 10.9 Å². The zero-order valence-electron chi connectivity index (χ0n) is 12.2. The molecule has 0 spiro atoms. The van der Waals surface area contributed by atoms with Gasteiger partial charge in [0.2, 0.25) is 5.91 Å². The van der Waals surface area contributed by atoms with Crippen LogP contribution in [0.25, 0.3) is 0 Å². The number of benzene rings is 1. The maximum atomic E-state index is 12.5. The van der Waals surface area contributed by atoms with E-state index in [2.05, 4.69) is 4.99 Å². The van der Waals surface area contributed by atoms with Crippen LogP contribution in [0.4, 0.5) is 5.69 Å². The molecular weight excluding hydrogens is 332 g/mol. The van der Waals surface area contributed by atoms with Gasteiger partial charge < -0.3 is 14.3 Å². The summed E-state index contributed by atoms with van der Waals surface area (Å²) in [5.74, 6) is -2.41. The van der Waals surface area contributed by atoms with E-state index >= 15 is 0 Å². The van der Waals surface area contributed by atoms with Crippen LogP contribution >= 0.6 is 11.8 Å². The van der Waals surface area contributed by atoms with E-state index in [-0.39, 0.29) is 10.9 Å². The summed E-state index contributed by atoms with van der Waals surface area (Å²) in [5, 5.41) is 10.1. The minimum atomic E-state index is -1.34. The molecule has 1 aromatic heterocycles. The minimum absolute atomic E-state index is 0.0342. The van der Waals surface area contributed by atoms with E-state index in [9.17, 15) is 19.5 Å². The third-order valence-electron chi connectivity index (χ3n) is 3.23. The Morgan fingerprint density at radius 1 is 1.21 bits per heavy atom. The van der Waals surface area contributed by atoms with Gasteiger partial charge in [0, 0.05) is 12.4 Å². The van der Waals surface area contributed by atoms with E-state index in [4.69, 9.17) is 4.42 Å². The highest BCUT2D eigenvalue weighted by molar-refractivity contribution is 8.16. The summed E-state index contributed by atoms with van der Waals surface area (Å²) in [5.41, 5.74) is 0.502. The highest BCUT2D eigenvalue weighted by Crippen LogP contribution is 2.33. The van der Waals surface area contributed by atoms with Crippen molar-refractivity contribution in [2.75, 3.05) is 4.90 Å². The second kappa shape index (κ2) is 6.71. The van der Waals surface area contributed by atoms with Crippen molar-refractivity contribution in [1.29, 1.82) is 0 Å². The number of aliphatic carboxylic acids is 1. The maximum Gasteiger partial charge on any atom is 0.315 e. The lowest BCUT2D eigenvalue weighted by Crippen LogP contribution is -2.35. The largest absolute Gasteiger partial charge is 0.550 e. The lowest BCUT2D eigenvalue weighted by Gasteiger charge is -2.16. The summed E-state index contributed by atoms with van der Waals surface area (Å²) in [6.07, 6.45) is 0.884. The van der Waals surface area contributed by atoms with Crippen molar-refractivity contribution in [2.24, 2.45) is 4.99 Å². The van der Waals surface area contributed by atoms with Gasteiger partial charge in [-0.05, 0) is 24.3 Å². The van der Waals surface area contributed by atoms with Crippen LogP contribution in [-0.2, 0) is 9.59 Å². The van der Waals surface area contributed by atoms with Gasteiger partial charge in [-0.2, -0.15) is 4.99 Å². The molecule has 1 atom stereocenters. The molecule has 0 bridgehead atoms. The van der Waals surface area contributed by atoms with Crippen LogP contribution < -0.4 is 10.0 Å². The summed E-state index contributed by atoms with van der Waals surface area (Å²) in [4.78, 5) is 40.6. The number of para-hydroxylation sites is 1. The molecule has 1 saturated heterocycles. The molecule has 24 heavy (non-hydrogen) atoms. The molecule has 7 nitrogen and oxygen atoms in total. The first-order valence-corrected chi connectivity index (χ1v) is 7.86. The number of nitrogens with zero attached hydrogens (tertiary/aromatic N) is 2. The van der Waals surface area contributed by atoms with Crippen molar-refractivity contribution < 1.29 is 23.9 Å². The number of anilines is 1. The number of rotatable bonds is 4. The Bertz CT molecular complexity index is 801. The second-order valence-electron chi connectivity index (χ2n) is 4.87. The number of furan rings is 1. The van der Waals surface area contributed by atoms with Gasteiger partial charge in [0.05, 0.1) is 17.2 Å². The molecule has 0 aliphatic carbocycles. The number of amidine groups is 1. The van der Waals surface area contributed by atoms with Crippen molar-refractivity contribution in [3.05, 3.63) is 54.5 Å². The molecule has 1 fully saturated rings. The van der Waals surface area contributed by atoms with Crippen LogP contribution in [0.3, 0.4) is 0 Å². The molecule has 8 heteroatoms. The zero-order chi connectivity index (χ0) is 17.1. The number of carboxylic acids is 1. The van der Waals surface area contributed by atoms with Crippen molar-refractivity contribution in [1.82, 2.24) is 0 Å². The van der Waals surface area contributed by atoms with Crippen LogP contribution in [0.5, 0.6) is 0 Å². The summed E-state index contributed by atoms with van der Waals surface area (Å²) < 4.78 is 4.99. The van der Waals surface area contributed by atoms with Crippen molar-refractivity contribution >= 4 is 40.4 Å². The van der Waals surface area contributed by atoms with E-state index in [0.717, 1.165) is 11.8 Å². The number of amides is 2. The van der Waals surface area contributed by atoms with Crippen LogP contribution in [0.2, 0.25) is 0 Å². The molecule has 1 aliphatic heterocycles. The normalized spacial score (nSPS) is 19.0. The zero-order valence-corrected chi connectivity index (χ0v) is 13.1. The van der Waals surface area contributed by atoms with E-state index in [1.54, 1.807) is 36.4 Å². The Hall–Kier alpha value is -2.87. The molecular formula is C16H11N2O5S-. The van der Waals surface area contributed by atoms with Crippen molar-refractivity contribution in [3.8, 4) is 0 Å². The smallest absolute Gasteiger partial charge is 0.315 e. The van der Waals surface area contributed by atoms with Crippen LogP contribution in [0, 0.1) is 0 Å². The lowest BCUT2D eigenvalue weighted by molar-refractivity contribution is -0.305. The van der Waals surface area contributed by atoms with Crippen LogP contribution in [0.1, 0.15) is 17.0 Å². The van der Waals surface area contributed by atoms with E-state index in [1.165, 1.54) is 17.2 Å². The van der Waals surface area contributed by atoms with Crippen molar-refractivity contribution in [3.63, 3.8) is 0 Å². The highest BCUT2D eigenvalue weighted by Gasteiger charge is 2.39. The molecule has 0 unspecified atom stereocenters. The van der Waals surface area contributed by atoms with Gasteiger partial charge >= 0.3 is 5.91 Å². The van der Waals surface area contributed by atoms with Gasteiger partial charge in [0.1, 0.15) is 0 Å². The first kappa shape index (κ1) is 16.0. The van der Waals surface area contributed by atoms with Gasteiger partial charge in [-0.15, -0.1) is 0 Å². The molecule has 122 valence electrons. The summed E-state index contributed by atoms with van der Waals surface area (Å²) in [6, 6.07) is 11.6. The number of carbonyl (C=O) groups is 3. The first-order valence-electron chi connectivity index (χ1n) is 6.98. The number of carbonyl (C=O) groups excluding carboxylic acids is 3. The average molecular weight is 343 g/mol. The number of thioether (sulfide) groups is 1. The molecule has 0 saturated carbocycles. The Balaban J connectivity index is 1.96. The number of hydrogen-bond acceptors (Lipinski definition) is 6. The quantitative estimate of drug-likeness (QED) is 0.822. The molecule has 2 heterocycles. The Kier molecular flexibility index (Phi) is 4.48. The Morgan fingerprint density at radius 3 is 2.58 bits per heavy atom. The average Bonchev–Trinajstić information content (AvgIpc) is 3.17. The van der Waals surface area contributed by atoms with E-state index in [1.807, 2.05) is 0 Å². The van der Waals surface area contributed by atoms with E-state index < -0.39 is 29.5 Å². The van der Waals surface area contributed by atoms with Gasteiger partial charge in [0.25, 0.3) is 0 Å². The molecule has 1 aromatic carbocycles. The standard InChI is InChI=1S/C16H12N2O5S/c19-13(20)9-12-15(22)18(10-5-2-1-3-6-10)16(24-12)17-14(21)11-7-4-8-23-11/h1-8,12H,9H2,(H,19,20)/p-1/t12-/m0/s1. The Morgan fingerprint density at radius 2 is 1.96 bits per heavy atom. The fraction of sp³-hybridized carbons (Fsp3) is 0.125. The highest BCUT2D eigenvalue weighted by atomic mass is 32.2. The van der Waals surface area contributed by atoms with Gasteiger partial charge in [-0.1, -0.05) is 30.0 Å². The third-order valence-corrected chi connectivity index (χ3v) is 4.37. The maximum absolute atomic E-state index is 12.5. The number of carboxylic acid groups (broad SMARTS) is 1. The number of hydrogen-bond donors (Lipinski definition) is 0. The second-order valence-corrected chi connectivity index (χ2v) is 6.04. The Labute approximate surface area is 141 Å². The molecule has 2 aromatic rings. The summed E-state index contributed by atoms with van der Waals surface area (Å²) in [6.45, 7) is 0. The van der Waals surface area contributed by atoms with Crippen LogP contribution in [-0.4, -0.2) is 28.2 Å². The summed E-state index contributed by atoms with van der Waals surface area (Å²) in [7, 11) is 0. The number of aliphatic imine (C=N–C) groups is 1. The molecule has 3 rings (SSSR count).